The summed E-state index contributed by atoms with van der Waals surface area (Å²) < 4.78 is 6.89. The Bertz CT molecular complexity index is 609. The molecule has 0 radical (unpaired) electrons. The third kappa shape index (κ3) is 2.12. The molecular formula is C16H22N2O4. The van der Waals surface area contributed by atoms with Gasteiger partial charge in [-0.1, -0.05) is 6.42 Å². The van der Waals surface area contributed by atoms with Crippen LogP contribution in [0.25, 0.3) is 0 Å². The maximum atomic E-state index is 12.3. The minimum absolute atomic E-state index is 0.0723. The zero-order valence-electron chi connectivity index (χ0n) is 13.0. The summed E-state index contributed by atoms with van der Waals surface area (Å²) >= 11 is 0. The minimum Gasteiger partial charge on any atom is -0.478 e. The van der Waals surface area contributed by atoms with Crippen molar-refractivity contribution in [2.45, 2.75) is 51.5 Å². The normalized spacial score (nSPS) is 30.8. The molecule has 0 unspecified atom stereocenters. The van der Waals surface area contributed by atoms with E-state index in [-0.39, 0.29) is 23.0 Å². The molecule has 0 saturated heterocycles. The van der Waals surface area contributed by atoms with Crippen LogP contribution in [0, 0.1) is 18.3 Å². The molecule has 2 aliphatic carbocycles. The molecule has 2 saturated carbocycles. The van der Waals surface area contributed by atoms with E-state index in [0.717, 1.165) is 38.5 Å². The Labute approximate surface area is 129 Å². The molecule has 120 valence electrons. The number of nitrogens with zero attached hydrogens (tertiary/aromatic N) is 2. The molecule has 0 spiro atoms. The van der Waals surface area contributed by atoms with Crippen LogP contribution in [0.4, 0.5) is 0 Å². The van der Waals surface area contributed by atoms with Gasteiger partial charge in [-0.3, -0.25) is 9.48 Å². The number of carbonyl (C=O) groups excluding carboxylic acids is 1. The Hall–Kier alpha value is -1.85. The number of ether oxygens (including phenoxy) is 1. The number of carboxylic acids is 1. The molecule has 1 aromatic heterocycles. The molecule has 22 heavy (non-hydrogen) atoms. The Morgan fingerprint density at radius 2 is 2.18 bits per heavy atom. The first-order valence-electron chi connectivity index (χ1n) is 7.85. The summed E-state index contributed by atoms with van der Waals surface area (Å²) in [5, 5.41) is 13.4. The van der Waals surface area contributed by atoms with Gasteiger partial charge < -0.3 is 9.84 Å². The van der Waals surface area contributed by atoms with Crippen LogP contribution in [0.5, 0.6) is 0 Å². The van der Waals surface area contributed by atoms with Gasteiger partial charge in [0.2, 0.25) is 0 Å². The summed E-state index contributed by atoms with van der Waals surface area (Å²) in [6, 6.07) is 0.175. The first-order valence-corrected chi connectivity index (χ1v) is 7.85. The SMILES string of the molecule is COC(=O)[C@]12CCC[C@H]1C[C@@H](n1ncc(C(=O)O)c1C)CC2. The molecule has 0 aliphatic heterocycles. The highest BCUT2D eigenvalue weighted by atomic mass is 16.5. The number of hydrogen-bond acceptors (Lipinski definition) is 4. The van der Waals surface area contributed by atoms with E-state index in [4.69, 9.17) is 9.84 Å². The highest BCUT2D eigenvalue weighted by Gasteiger charge is 2.53. The molecule has 2 aliphatic rings. The Balaban J connectivity index is 1.83. The van der Waals surface area contributed by atoms with Crippen molar-refractivity contribution < 1.29 is 19.4 Å². The first-order chi connectivity index (χ1) is 10.5. The van der Waals surface area contributed by atoms with Gasteiger partial charge in [0.05, 0.1) is 30.5 Å². The van der Waals surface area contributed by atoms with Gasteiger partial charge in [0.25, 0.3) is 0 Å². The fourth-order valence-corrected chi connectivity index (χ4v) is 4.49. The van der Waals surface area contributed by atoms with Gasteiger partial charge in [-0.25, -0.2) is 4.79 Å². The lowest BCUT2D eigenvalue weighted by molar-refractivity contribution is -0.158. The van der Waals surface area contributed by atoms with Gasteiger partial charge in [-0.05, 0) is 44.9 Å². The van der Waals surface area contributed by atoms with Crippen molar-refractivity contribution in [1.82, 2.24) is 9.78 Å². The summed E-state index contributed by atoms with van der Waals surface area (Å²) in [6.45, 7) is 1.80. The number of fused-ring (bicyclic) bond motifs is 1. The van der Waals surface area contributed by atoms with Crippen molar-refractivity contribution in [1.29, 1.82) is 0 Å². The Morgan fingerprint density at radius 3 is 2.82 bits per heavy atom. The Kier molecular flexibility index (Phi) is 3.70. The van der Waals surface area contributed by atoms with Gasteiger partial charge >= 0.3 is 11.9 Å². The summed E-state index contributed by atoms with van der Waals surface area (Å²) in [5.41, 5.74) is 0.638. The second-order valence-corrected chi connectivity index (χ2v) is 6.56. The third-order valence-corrected chi connectivity index (χ3v) is 5.65. The van der Waals surface area contributed by atoms with Gasteiger partial charge in [0.15, 0.2) is 0 Å². The second-order valence-electron chi connectivity index (χ2n) is 6.56. The molecule has 6 heteroatoms. The lowest BCUT2D eigenvalue weighted by Gasteiger charge is -2.40. The lowest BCUT2D eigenvalue weighted by atomic mass is 9.66. The molecule has 2 fully saturated rings. The predicted molar refractivity (Wildman–Crippen MR) is 78.6 cm³/mol. The maximum Gasteiger partial charge on any atom is 0.339 e. The van der Waals surface area contributed by atoms with E-state index in [2.05, 4.69) is 5.10 Å². The average Bonchev–Trinajstić information content (AvgIpc) is 3.09. The topological polar surface area (TPSA) is 81.4 Å². The number of hydrogen-bond donors (Lipinski definition) is 1. The van der Waals surface area contributed by atoms with E-state index < -0.39 is 5.97 Å². The quantitative estimate of drug-likeness (QED) is 0.868. The molecule has 1 heterocycles. The molecule has 3 rings (SSSR count). The lowest BCUT2D eigenvalue weighted by Crippen LogP contribution is -2.41. The van der Waals surface area contributed by atoms with Gasteiger partial charge in [0.1, 0.15) is 5.56 Å². The van der Waals surface area contributed by atoms with Crippen LogP contribution in [-0.4, -0.2) is 33.9 Å². The van der Waals surface area contributed by atoms with E-state index >= 15 is 0 Å². The van der Waals surface area contributed by atoms with Crippen molar-refractivity contribution >= 4 is 11.9 Å². The molecule has 6 nitrogen and oxygen atoms in total. The molecule has 0 bridgehead atoms. The second kappa shape index (κ2) is 5.41. The number of esters is 1. The fourth-order valence-electron chi connectivity index (χ4n) is 4.49. The highest BCUT2D eigenvalue weighted by Crippen LogP contribution is 2.55. The monoisotopic (exact) mass is 306 g/mol. The van der Waals surface area contributed by atoms with Crippen molar-refractivity contribution in [3.63, 3.8) is 0 Å². The van der Waals surface area contributed by atoms with Crippen LogP contribution >= 0.6 is 0 Å². The van der Waals surface area contributed by atoms with E-state index in [9.17, 15) is 9.59 Å². The van der Waals surface area contributed by atoms with Crippen molar-refractivity contribution in [2.24, 2.45) is 11.3 Å². The van der Waals surface area contributed by atoms with Crippen LogP contribution in [0.2, 0.25) is 0 Å². The number of methoxy groups -OCH3 is 1. The standard InChI is InChI=1S/C16H22N2O4/c1-10-13(14(19)20)9-17-18(10)12-5-7-16(15(21)22-2)6-3-4-11(16)8-12/h9,11-12H,3-8H2,1-2H3,(H,19,20)/t11-,12-,16-/m0/s1. The van der Waals surface area contributed by atoms with E-state index in [1.54, 1.807) is 6.92 Å². The number of aromatic nitrogens is 2. The summed E-state index contributed by atoms with van der Waals surface area (Å²) in [6.07, 6.45) is 6.95. The summed E-state index contributed by atoms with van der Waals surface area (Å²) in [7, 11) is 1.47. The largest absolute Gasteiger partial charge is 0.478 e. The van der Waals surface area contributed by atoms with E-state index in [1.807, 2.05) is 4.68 Å². The molecule has 3 atom stereocenters. The van der Waals surface area contributed by atoms with Crippen LogP contribution in [0.1, 0.15) is 60.6 Å². The maximum absolute atomic E-state index is 12.3. The molecular weight excluding hydrogens is 284 g/mol. The smallest absolute Gasteiger partial charge is 0.339 e. The molecule has 0 amide bonds. The van der Waals surface area contributed by atoms with E-state index in [0.29, 0.717) is 11.6 Å². The highest BCUT2D eigenvalue weighted by molar-refractivity contribution is 5.88. The van der Waals surface area contributed by atoms with Crippen molar-refractivity contribution in [2.75, 3.05) is 7.11 Å². The zero-order chi connectivity index (χ0) is 15.9. The van der Waals surface area contributed by atoms with Crippen LogP contribution < -0.4 is 0 Å². The number of carboxylic acid groups (broad SMARTS) is 1. The summed E-state index contributed by atoms with van der Waals surface area (Å²) in [5.74, 6) is -0.697. The number of rotatable bonds is 3. The van der Waals surface area contributed by atoms with Gasteiger partial charge in [-0.15, -0.1) is 0 Å². The number of aromatic carboxylic acids is 1. The summed E-state index contributed by atoms with van der Waals surface area (Å²) in [4.78, 5) is 23.4. The first kappa shape index (κ1) is 15.1. The average molecular weight is 306 g/mol. The Morgan fingerprint density at radius 1 is 1.41 bits per heavy atom. The molecule has 1 aromatic rings. The van der Waals surface area contributed by atoms with E-state index in [1.165, 1.54) is 13.3 Å². The van der Waals surface area contributed by atoms with Crippen LogP contribution in [0.15, 0.2) is 6.20 Å². The molecule has 0 aromatic carbocycles. The third-order valence-electron chi connectivity index (χ3n) is 5.65. The predicted octanol–water partition coefficient (Wildman–Crippen LogP) is 2.57. The van der Waals surface area contributed by atoms with Gasteiger partial charge in [-0.2, -0.15) is 5.10 Å². The fraction of sp³-hybridized carbons (Fsp3) is 0.688. The van der Waals surface area contributed by atoms with Crippen molar-refractivity contribution in [3.8, 4) is 0 Å². The molecule has 1 N–H and O–H groups in total. The van der Waals surface area contributed by atoms with Crippen LogP contribution in [0.3, 0.4) is 0 Å². The minimum atomic E-state index is -0.940. The zero-order valence-corrected chi connectivity index (χ0v) is 13.0. The van der Waals surface area contributed by atoms with Crippen molar-refractivity contribution in [3.05, 3.63) is 17.5 Å². The number of carbonyl (C=O) groups is 2. The van der Waals surface area contributed by atoms with Gasteiger partial charge in [0, 0.05) is 0 Å². The van der Waals surface area contributed by atoms with Crippen LogP contribution in [-0.2, 0) is 9.53 Å².